The van der Waals surface area contributed by atoms with Crippen LogP contribution >= 0.6 is 11.8 Å². The molecule has 1 heterocycles. The summed E-state index contributed by atoms with van der Waals surface area (Å²) in [5.41, 5.74) is 0.767. The smallest absolute Gasteiger partial charge is 0.240 e. The second kappa shape index (κ2) is 8.16. The average molecular weight is 355 g/mol. The van der Waals surface area contributed by atoms with Crippen LogP contribution in [0.2, 0.25) is 0 Å². The normalized spacial score (nSPS) is 18.5. The van der Waals surface area contributed by atoms with Crippen molar-refractivity contribution in [2.24, 2.45) is 4.99 Å². The first-order valence-corrected chi connectivity index (χ1v) is 9.35. The van der Waals surface area contributed by atoms with E-state index in [1.807, 2.05) is 42.5 Å². The fraction of sp³-hybridized carbons (Fsp3) is 0.316. The summed E-state index contributed by atoms with van der Waals surface area (Å²) >= 11 is 1.34. The molecule has 2 N–H and O–H groups in total. The highest BCUT2D eigenvalue weighted by Gasteiger charge is 2.31. The summed E-state index contributed by atoms with van der Waals surface area (Å²) in [6, 6.07) is 13.7. The quantitative estimate of drug-likeness (QED) is 0.779. The van der Waals surface area contributed by atoms with Gasteiger partial charge in [0.2, 0.25) is 11.8 Å². The Kier molecular flexibility index (Phi) is 5.71. The van der Waals surface area contributed by atoms with E-state index in [1.54, 1.807) is 0 Å². The molecule has 1 saturated heterocycles. The molecule has 2 amide bonds. The average Bonchev–Trinajstić information content (AvgIpc) is 2.95. The molecule has 1 aliphatic rings. The Morgan fingerprint density at radius 3 is 2.88 bits per heavy atom. The van der Waals surface area contributed by atoms with Gasteiger partial charge in [-0.1, -0.05) is 61.5 Å². The number of amidine groups is 1. The van der Waals surface area contributed by atoms with Gasteiger partial charge in [0.25, 0.3) is 0 Å². The first-order valence-electron chi connectivity index (χ1n) is 8.47. The molecule has 0 bridgehead atoms. The number of amides is 2. The van der Waals surface area contributed by atoms with Gasteiger partial charge in [0, 0.05) is 24.0 Å². The number of fused-ring (bicyclic) bond motifs is 1. The number of anilines is 1. The molecule has 0 saturated carbocycles. The van der Waals surface area contributed by atoms with Crippen molar-refractivity contribution >= 4 is 45.2 Å². The van der Waals surface area contributed by atoms with E-state index in [2.05, 4.69) is 22.5 Å². The van der Waals surface area contributed by atoms with Gasteiger partial charge in [0.05, 0.1) is 0 Å². The molecule has 0 aromatic heterocycles. The Balaban J connectivity index is 1.63. The Labute approximate surface area is 151 Å². The first kappa shape index (κ1) is 17.5. The molecule has 0 aliphatic carbocycles. The molecule has 6 heteroatoms. The lowest BCUT2D eigenvalue weighted by atomic mass is 10.1. The van der Waals surface area contributed by atoms with Gasteiger partial charge >= 0.3 is 0 Å². The van der Waals surface area contributed by atoms with Crippen molar-refractivity contribution in [3.05, 3.63) is 42.5 Å². The minimum absolute atomic E-state index is 0.131. The van der Waals surface area contributed by atoms with Gasteiger partial charge in [-0.3, -0.25) is 14.6 Å². The maximum absolute atomic E-state index is 12.4. The van der Waals surface area contributed by atoms with Crippen LogP contribution < -0.4 is 10.6 Å². The summed E-state index contributed by atoms with van der Waals surface area (Å²) in [5.74, 6) is -0.313. The number of unbranched alkanes of at least 4 members (excludes halogenated alkanes) is 1. The maximum Gasteiger partial charge on any atom is 0.240 e. The van der Waals surface area contributed by atoms with Crippen LogP contribution in [0.1, 0.15) is 26.2 Å². The number of nitrogens with one attached hydrogen (secondary N) is 2. The lowest BCUT2D eigenvalue weighted by Crippen LogP contribution is -2.28. The highest BCUT2D eigenvalue weighted by molar-refractivity contribution is 8.15. The number of hydrogen-bond donors (Lipinski definition) is 2. The molecule has 25 heavy (non-hydrogen) atoms. The molecule has 0 radical (unpaired) electrons. The van der Waals surface area contributed by atoms with E-state index in [1.165, 1.54) is 11.8 Å². The van der Waals surface area contributed by atoms with Crippen LogP contribution in [-0.2, 0) is 9.59 Å². The highest BCUT2D eigenvalue weighted by atomic mass is 32.2. The summed E-state index contributed by atoms with van der Waals surface area (Å²) in [4.78, 5) is 28.8. The zero-order valence-electron chi connectivity index (χ0n) is 14.1. The third kappa shape index (κ3) is 4.39. The van der Waals surface area contributed by atoms with E-state index in [4.69, 9.17) is 0 Å². The Hall–Kier alpha value is -2.34. The number of thioether (sulfide) groups is 1. The molecule has 3 rings (SSSR count). The van der Waals surface area contributed by atoms with Gasteiger partial charge in [0.1, 0.15) is 5.25 Å². The number of carbonyl (C=O) groups excluding carboxylic acids is 2. The number of rotatable bonds is 6. The highest BCUT2D eigenvalue weighted by Crippen LogP contribution is 2.25. The van der Waals surface area contributed by atoms with Crippen LogP contribution in [0.4, 0.5) is 5.69 Å². The van der Waals surface area contributed by atoms with Crippen molar-refractivity contribution in [1.82, 2.24) is 5.32 Å². The number of benzene rings is 2. The summed E-state index contributed by atoms with van der Waals surface area (Å²) in [5, 5.41) is 7.95. The number of hydrogen-bond acceptors (Lipinski definition) is 4. The minimum Gasteiger partial charge on any atom is -0.325 e. The summed E-state index contributed by atoms with van der Waals surface area (Å²) in [6.45, 7) is 2.80. The molecule has 5 nitrogen and oxygen atoms in total. The minimum atomic E-state index is -0.421. The van der Waals surface area contributed by atoms with Gasteiger partial charge in [-0.15, -0.1) is 0 Å². The molecule has 1 fully saturated rings. The zero-order chi connectivity index (χ0) is 17.6. The van der Waals surface area contributed by atoms with Crippen LogP contribution in [0.25, 0.3) is 10.8 Å². The molecule has 1 aliphatic heterocycles. The fourth-order valence-corrected chi connectivity index (χ4v) is 3.65. The van der Waals surface area contributed by atoms with Crippen LogP contribution in [0.3, 0.4) is 0 Å². The zero-order valence-corrected chi connectivity index (χ0v) is 14.9. The third-order valence-corrected chi connectivity index (χ3v) is 5.10. The standard InChI is InChI=1S/C19H21N3O2S/c1-2-3-11-20-19-22-18(24)16(25-19)12-17(23)21-15-10-6-8-13-7-4-5-9-14(13)15/h4-10,16H,2-3,11-12H2,1H3,(H,21,23)(H,20,22,24). The van der Waals surface area contributed by atoms with E-state index >= 15 is 0 Å². The lowest BCUT2D eigenvalue weighted by Gasteiger charge is -2.10. The Bertz CT molecular complexity index is 814. The van der Waals surface area contributed by atoms with Gasteiger partial charge in [-0.05, 0) is 17.9 Å². The molecule has 1 atom stereocenters. The topological polar surface area (TPSA) is 70.6 Å². The lowest BCUT2D eigenvalue weighted by molar-refractivity contribution is -0.122. The number of nitrogens with zero attached hydrogens (tertiary/aromatic N) is 1. The summed E-state index contributed by atoms with van der Waals surface area (Å²) in [6.07, 6.45) is 2.19. The molecule has 130 valence electrons. The van der Waals surface area contributed by atoms with Crippen molar-refractivity contribution in [3.63, 3.8) is 0 Å². The van der Waals surface area contributed by atoms with E-state index in [-0.39, 0.29) is 18.2 Å². The Morgan fingerprint density at radius 2 is 2.04 bits per heavy atom. The SMILES string of the molecule is CCCCN=C1NC(=O)C(CC(=O)Nc2cccc3ccccc23)S1. The van der Waals surface area contributed by atoms with Crippen LogP contribution in [0.15, 0.2) is 47.5 Å². The van der Waals surface area contributed by atoms with Crippen LogP contribution in [0.5, 0.6) is 0 Å². The van der Waals surface area contributed by atoms with Crippen LogP contribution in [-0.4, -0.2) is 28.8 Å². The predicted octanol–water partition coefficient (Wildman–Crippen LogP) is 3.56. The molecule has 1 unspecified atom stereocenters. The number of carbonyl (C=O) groups is 2. The summed E-state index contributed by atoms with van der Waals surface area (Å²) < 4.78 is 0. The molecular formula is C19H21N3O2S. The maximum atomic E-state index is 12.4. The van der Waals surface area contributed by atoms with Crippen molar-refractivity contribution < 1.29 is 9.59 Å². The molecule has 2 aromatic carbocycles. The van der Waals surface area contributed by atoms with Crippen molar-refractivity contribution in [1.29, 1.82) is 0 Å². The van der Waals surface area contributed by atoms with Gasteiger partial charge < -0.3 is 10.6 Å². The monoisotopic (exact) mass is 355 g/mol. The second-order valence-electron chi connectivity index (χ2n) is 5.92. The van der Waals surface area contributed by atoms with Crippen molar-refractivity contribution in [2.75, 3.05) is 11.9 Å². The third-order valence-electron chi connectivity index (χ3n) is 3.98. The fourth-order valence-electron chi connectivity index (χ4n) is 2.66. The van der Waals surface area contributed by atoms with Gasteiger partial charge in [0.15, 0.2) is 5.17 Å². The number of aliphatic imine (C=N–C) groups is 1. The van der Waals surface area contributed by atoms with Crippen molar-refractivity contribution in [3.8, 4) is 0 Å². The van der Waals surface area contributed by atoms with E-state index in [0.29, 0.717) is 11.7 Å². The van der Waals surface area contributed by atoms with Gasteiger partial charge in [-0.25, -0.2) is 0 Å². The second-order valence-corrected chi connectivity index (χ2v) is 7.11. The van der Waals surface area contributed by atoms with Crippen molar-refractivity contribution in [2.45, 2.75) is 31.4 Å². The Morgan fingerprint density at radius 1 is 1.24 bits per heavy atom. The summed E-state index contributed by atoms with van der Waals surface area (Å²) in [7, 11) is 0. The van der Waals surface area contributed by atoms with Gasteiger partial charge in [-0.2, -0.15) is 0 Å². The van der Waals surface area contributed by atoms with Crippen LogP contribution in [0, 0.1) is 0 Å². The largest absolute Gasteiger partial charge is 0.325 e. The molecule has 2 aromatic rings. The predicted molar refractivity (Wildman–Crippen MR) is 104 cm³/mol. The van der Waals surface area contributed by atoms with E-state index in [9.17, 15) is 9.59 Å². The molecular weight excluding hydrogens is 334 g/mol. The molecule has 0 spiro atoms. The van der Waals surface area contributed by atoms with E-state index in [0.717, 1.165) is 29.3 Å². The van der Waals surface area contributed by atoms with E-state index < -0.39 is 5.25 Å². The first-order chi connectivity index (χ1) is 12.2.